The Labute approximate surface area is 268 Å². The Morgan fingerprint density at radius 1 is 1.00 bits per heavy atom. The highest BCUT2D eigenvalue weighted by molar-refractivity contribution is 5.70. The number of aliphatic hydroxyl groups excluding tert-OH is 1. The van der Waals surface area contributed by atoms with E-state index in [9.17, 15) is 9.90 Å². The van der Waals surface area contributed by atoms with Gasteiger partial charge in [0.1, 0.15) is 5.60 Å². The van der Waals surface area contributed by atoms with Crippen molar-refractivity contribution in [2.75, 3.05) is 0 Å². The van der Waals surface area contributed by atoms with Gasteiger partial charge in [0.25, 0.3) is 0 Å². The molecule has 0 radical (unpaired) electrons. The fourth-order valence-corrected chi connectivity index (χ4v) is 6.35. The Bertz CT molecular complexity index is 1190. The third-order valence-corrected chi connectivity index (χ3v) is 8.85. The number of esters is 1. The SMILES string of the molecule is CC(C)(C)OC(=O)CC(C/C=C1\CCCC[C@@]1(C)/C=C/C=C/[C@@H](O)CCC1(CC#Cc2ccccc2)CCC1)OC(C)(C)C. The molecule has 1 aromatic carbocycles. The lowest BCUT2D eigenvalue weighted by Gasteiger charge is -2.41. The smallest absolute Gasteiger partial charge is 0.308 e. The minimum Gasteiger partial charge on any atom is -0.460 e. The van der Waals surface area contributed by atoms with Gasteiger partial charge >= 0.3 is 5.97 Å². The molecule has 44 heavy (non-hydrogen) atoms. The van der Waals surface area contributed by atoms with Crippen molar-refractivity contribution in [1.29, 1.82) is 0 Å². The van der Waals surface area contributed by atoms with Gasteiger partial charge in [-0.3, -0.25) is 4.79 Å². The molecule has 0 aromatic heterocycles. The van der Waals surface area contributed by atoms with E-state index in [-0.39, 0.29) is 34.9 Å². The summed E-state index contributed by atoms with van der Waals surface area (Å²) in [4.78, 5) is 12.6. The van der Waals surface area contributed by atoms with Crippen molar-refractivity contribution < 1.29 is 19.4 Å². The highest BCUT2D eigenvalue weighted by Gasteiger charge is 2.36. The number of carbonyl (C=O) groups excluding carboxylic acids is 1. The second kappa shape index (κ2) is 16.1. The maximum Gasteiger partial charge on any atom is 0.308 e. The van der Waals surface area contributed by atoms with Crippen molar-refractivity contribution in [2.24, 2.45) is 10.8 Å². The maximum atomic E-state index is 12.6. The lowest BCUT2D eigenvalue weighted by atomic mass is 9.64. The van der Waals surface area contributed by atoms with Crippen molar-refractivity contribution >= 4 is 5.97 Å². The van der Waals surface area contributed by atoms with E-state index in [1.165, 1.54) is 37.7 Å². The number of hydrogen-bond acceptors (Lipinski definition) is 4. The summed E-state index contributed by atoms with van der Waals surface area (Å²) < 4.78 is 11.9. The summed E-state index contributed by atoms with van der Waals surface area (Å²) in [6.07, 6.45) is 21.8. The molecule has 2 aliphatic carbocycles. The van der Waals surface area contributed by atoms with Crippen LogP contribution in [0.3, 0.4) is 0 Å². The van der Waals surface area contributed by atoms with Crippen LogP contribution in [-0.2, 0) is 14.3 Å². The molecule has 3 atom stereocenters. The van der Waals surface area contributed by atoms with Crippen LogP contribution in [0.1, 0.15) is 131 Å². The Balaban J connectivity index is 1.56. The monoisotopic (exact) mass is 602 g/mol. The fourth-order valence-electron chi connectivity index (χ4n) is 6.35. The van der Waals surface area contributed by atoms with Crippen LogP contribution < -0.4 is 0 Å². The van der Waals surface area contributed by atoms with Gasteiger partial charge in [0.2, 0.25) is 0 Å². The van der Waals surface area contributed by atoms with Crippen molar-refractivity contribution in [1.82, 2.24) is 0 Å². The van der Waals surface area contributed by atoms with Crippen LogP contribution in [0.5, 0.6) is 0 Å². The molecule has 0 heterocycles. The number of carbonyl (C=O) groups is 1. The first-order valence-electron chi connectivity index (χ1n) is 16.8. The van der Waals surface area contributed by atoms with E-state index >= 15 is 0 Å². The molecule has 0 saturated heterocycles. The lowest BCUT2D eigenvalue weighted by Crippen LogP contribution is -2.32. The number of rotatable bonds is 12. The van der Waals surface area contributed by atoms with Gasteiger partial charge in [0.05, 0.1) is 24.2 Å². The normalized spacial score (nSPS) is 22.8. The highest BCUT2D eigenvalue weighted by atomic mass is 16.6. The van der Waals surface area contributed by atoms with Crippen LogP contribution in [0.15, 0.2) is 66.3 Å². The van der Waals surface area contributed by atoms with Crippen LogP contribution in [0.2, 0.25) is 0 Å². The quantitative estimate of drug-likeness (QED) is 0.112. The summed E-state index contributed by atoms with van der Waals surface area (Å²) in [5.74, 6) is 6.50. The van der Waals surface area contributed by atoms with E-state index in [1.807, 2.05) is 71.9 Å². The van der Waals surface area contributed by atoms with Crippen molar-refractivity contribution in [3.63, 3.8) is 0 Å². The van der Waals surface area contributed by atoms with Gasteiger partial charge in [-0.15, -0.1) is 0 Å². The Hall–Kier alpha value is -2.61. The van der Waals surface area contributed by atoms with Crippen LogP contribution in [0.25, 0.3) is 0 Å². The Kier molecular flexibility index (Phi) is 13.1. The molecular weight excluding hydrogens is 544 g/mol. The zero-order valence-corrected chi connectivity index (χ0v) is 28.6. The summed E-state index contributed by atoms with van der Waals surface area (Å²) in [7, 11) is 0. The van der Waals surface area contributed by atoms with E-state index in [2.05, 4.69) is 49.1 Å². The third-order valence-electron chi connectivity index (χ3n) is 8.85. The molecule has 2 fully saturated rings. The van der Waals surface area contributed by atoms with Crippen molar-refractivity contribution in [2.45, 2.75) is 149 Å². The molecule has 1 unspecified atom stereocenters. The second-order valence-corrected chi connectivity index (χ2v) is 15.3. The topological polar surface area (TPSA) is 55.8 Å². The first-order chi connectivity index (χ1) is 20.7. The molecule has 1 N–H and O–H groups in total. The molecule has 2 saturated carbocycles. The molecular formula is C40H58O4. The van der Waals surface area contributed by atoms with Crippen molar-refractivity contribution in [3.05, 3.63) is 71.8 Å². The van der Waals surface area contributed by atoms with Gasteiger partial charge in [0, 0.05) is 17.4 Å². The van der Waals surface area contributed by atoms with Crippen LogP contribution in [-0.4, -0.2) is 34.5 Å². The first kappa shape index (κ1) is 35.9. The summed E-state index contributed by atoms with van der Waals surface area (Å²) >= 11 is 0. The molecule has 4 heteroatoms. The Morgan fingerprint density at radius 2 is 1.73 bits per heavy atom. The predicted octanol–water partition coefficient (Wildman–Crippen LogP) is 9.66. The zero-order valence-electron chi connectivity index (χ0n) is 28.6. The average Bonchev–Trinajstić information content (AvgIpc) is 2.90. The fraction of sp³-hybridized carbons (Fsp3) is 0.625. The minimum absolute atomic E-state index is 0.0425. The molecule has 0 spiro atoms. The largest absolute Gasteiger partial charge is 0.460 e. The standard InChI is InChI=1S/C40H58O4/c1-37(2,3)43-35(31-36(42)44-38(4,5)6)23-22-33-20-11-13-25-39(33,7)26-14-12-21-34(41)24-30-40(28-16-29-40)27-15-19-32-17-9-8-10-18-32/h8-10,12,14,17-18,21-22,26,34-35,41H,11,13,16,20,23-25,27-31H2,1-7H3/b21-12+,26-14+,33-22+/t34-,35?,39+/m1/s1. The maximum absolute atomic E-state index is 12.6. The molecule has 0 aliphatic heterocycles. The first-order valence-corrected chi connectivity index (χ1v) is 16.8. The van der Waals surface area contributed by atoms with Crippen molar-refractivity contribution in [3.8, 4) is 11.8 Å². The number of allylic oxidation sites excluding steroid dienone is 4. The van der Waals surface area contributed by atoms with Gasteiger partial charge in [-0.1, -0.05) is 85.8 Å². The summed E-state index contributed by atoms with van der Waals surface area (Å²) in [6, 6.07) is 10.2. The summed E-state index contributed by atoms with van der Waals surface area (Å²) in [5, 5.41) is 10.7. The number of aliphatic hydroxyl groups is 1. The average molecular weight is 603 g/mol. The number of benzene rings is 1. The summed E-state index contributed by atoms with van der Waals surface area (Å²) in [5.41, 5.74) is 1.84. The van der Waals surface area contributed by atoms with E-state index in [0.29, 0.717) is 6.42 Å². The van der Waals surface area contributed by atoms with Gasteiger partial charge in [-0.05, 0) is 110 Å². The van der Waals surface area contributed by atoms with E-state index < -0.39 is 11.7 Å². The summed E-state index contributed by atoms with van der Waals surface area (Å²) in [6.45, 7) is 14.1. The lowest BCUT2D eigenvalue weighted by molar-refractivity contribution is -0.160. The van der Waals surface area contributed by atoms with Crippen LogP contribution >= 0.6 is 0 Å². The van der Waals surface area contributed by atoms with Gasteiger partial charge in [-0.25, -0.2) is 0 Å². The molecule has 1 aromatic rings. The third kappa shape index (κ3) is 12.8. The van der Waals surface area contributed by atoms with E-state index in [4.69, 9.17) is 9.47 Å². The molecule has 0 bridgehead atoms. The number of ether oxygens (including phenoxy) is 2. The molecule has 3 rings (SSSR count). The molecule has 0 amide bonds. The molecule has 2 aliphatic rings. The van der Waals surface area contributed by atoms with E-state index in [1.54, 1.807) is 0 Å². The molecule has 242 valence electrons. The highest BCUT2D eigenvalue weighted by Crippen LogP contribution is 2.48. The van der Waals surface area contributed by atoms with Crippen LogP contribution in [0, 0.1) is 22.7 Å². The van der Waals surface area contributed by atoms with Gasteiger partial charge in [0.15, 0.2) is 0 Å². The van der Waals surface area contributed by atoms with Gasteiger partial charge < -0.3 is 14.6 Å². The number of hydrogen-bond donors (Lipinski definition) is 1. The Morgan fingerprint density at radius 3 is 2.36 bits per heavy atom. The van der Waals surface area contributed by atoms with Crippen LogP contribution in [0.4, 0.5) is 0 Å². The molecule has 4 nitrogen and oxygen atoms in total. The van der Waals surface area contributed by atoms with Gasteiger partial charge in [-0.2, -0.15) is 0 Å². The second-order valence-electron chi connectivity index (χ2n) is 15.3. The predicted molar refractivity (Wildman–Crippen MR) is 182 cm³/mol. The van der Waals surface area contributed by atoms with E-state index in [0.717, 1.165) is 37.7 Å². The minimum atomic E-state index is -0.508. The zero-order chi connectivity index (χ0) is 32.3.